The number of nitrogen functional groups attached to an aromatic ring is 1. The second kappa shape index (κ2) is 5.90. The molecule has 0 radical (unpaired) electrons. The number of hydrogen-bond donors (Lipinski definition) is 3. The van der Waals surface area contributed by atoms with Gasteiger partial charge in [0.15, 0.2) is 0 Å². The molecule has 1 aromatic rings. The van der Waals surface area contributed by atoms with Crippen LogP contribution in [0.4, 0.5) is 5.69 Å². The number of aliphatic hydroxyl groups excluding tert-OH is 2. The summed E-state index contributed by atoms with van der Waals surface area (Å²) in [5.41, 5.74) is 6.24. The molecular weight excluding hydrogens is 248 g/mol. The minimum atomic E-state index is -0.852. The number of likely N-dealkylation sites (tertiary alicyclic amines) is 1. The van der Waals surface area contributed by atoms with Gasteiger partial charge in [0.2, 0.25) is 5.91 Å². The molecule has 104 valence electrons. The summed E-state index contributed by atoms with van der Waals surface area (Å²) < 4.78 is 5.42. The molecule has 0 saturated carbocycles. The molecule has 1 fully saturated rings. The van der Waals surface area contributed by atoms with Gasteiger partial charge in [-0.15, -0.1) is 0 Å². The predicted octanol–water partition coefficient (Wildman–Crippen LogP) is -0.398. The number of para-hydroxylation sites is 2. The van der Waals surface area contributed by atoms with Crippen molar-refractivity contribution < 1.29 is 19.7 Å². The SMILES string of the molecule is Nc1ccccc1OCCC(=O)N1CC(O)C(O)C1. The third kappa shape index (κ3) is 3.36. The van der Waals surface area contributed by atoms with Crippen molar-refractivity contribution in [3.63, 3.8) is 0 Å². The molecule has 1 aliphatic rings. The molecule has 1 aromatic carbocycles. The van der Waals surface area contributed by atoms with Gasteiger partial charge in [0.25, 0.3) is 0 Å². The minimum Gasteiger partial charge on any atom is -0.491 e. The molecule has 1 saturated heterocycles. The maximum absolute atomic E-state index is 11.8. The first-order chi connectivity index (χ1) is 9.08. The van der Waals surface area contributed by atoms with E-state index < -0.39 is 12.2 Å². The Morgan fingerprint density at radius 2 is 1.95 bits per heavy atom. The number of benzene rings is 1. The fourth-order valence-corrected chi connectivity index (χ4v) is 1.99. The number of hydrogen-bond acceptors (Lipinski definition) is 5. The van der Waals surface area contributed by atoms with Crippen molar-refractivity contribution in [2.45, 2.75) is 18.6 Å². The van der Waals surface area contributed by atoms with Crippen molar-refractivity contribution in [3.05, 3.63) is 24.3 Å². The Balaban J connectivity index is 1.77. The molecule has 6 heteroatoms. The first-order valence-electron chi connectivity index (χ1n) is 6.19. The number of anilines is 1. The van der Waals surface area contributed by atoms with Gasteiger partial charge in [-0.1, -0.05) is 12.1 Å². The van der Waals surface area contributed by atoms with Gasteiger partial charge in [0.05, 0.1) is 30.9 Å². The van der Waals surface area contributed by atoms with Crippen LogP contribution in [0.15, 0.2) is 24.3 Å². The van der Waals surface area contributed by atoms with Crippen molar-refractivity contribution in [3.8, 4) is 5.75 Å². The van der Waals surface area contributed by atoms with Crippen LogP contribution in [0.1, 0.15) is 6.42 Å². The van der Waals surface area contributed by atoms with E-state index in [1.807, 2.05) is 0 Å². The van der Waals surface area contributed by atoms with Gasteiger partial charge in [0.1, 0.15) is 5.75 Å². The molecule has 2 unspecified atom stereocenters. The zero-order valence-electron chi connectivity index (χ0n) is 10.5. The van der Waals surface area contributed by atoms with E-state index in [0.717, 1.165) is 0 Å². The number of amides is 1. The number of nitrogens with two attached hydrogens (primary N) is 1. The summed E-state index contributed by atoms with van der Waals surface area (Å²) in [5.74, 6) is 0.405. The Labute approximate surface area is 111 Å². The first kappa shape index (κ1) is 13.6. The summed E-state index contributed by atoms with van der Waals surface area (Å²) in [6, 6.07) is 7.08. The van der Waals surface area contributed by atoms with Gasteiger partial charge < -0.3 is 25.6 Å². The summed E-state index contributed by atoms with van der Waals surface area (Å²) in [6.07, 6.45) is -1.52. The lowest BCUT2D eigenvalue weighted by Gasteiger charge is -2.15. The quantitative estimate of drug-likeness (QED) is 0.645. The molecule has 6 nitrogen and oxygen atoms in total. The Kier molecular flexibility index (Phi) is 4.24. The second-order valence-electron chi connectivity index (χ2n) is 4.57. The van der Waals surface area contributed by atoms with E-state index in [1.165, 1.54) is 4.90 Å². The monoisotopic (exact) mass is 266 g/mol. The maximum atomic E-state index is 11.8. The smallest absolute Gasteiger partial charge is 0.226 e. The maximum Gasteiger partial charge on any atom is 0.226 e. The van der Waals surface area contributed by atoms with Crippen LogP contribution in [0.5, 0.6) is 5.75 Å². The Bertz CT molecular complexity index is 442. The van der Waals surface area contributed by atoms with Crippen LogP contribution in [0, 0.1) is 0 Å². The summed E-state index contributed by atoms with van der Waals surface area (Å²) >= 11 is 0. The number of rotatable bonds is 4. The van der Waals surface area contributed by atoms with Crippen molar-refractivity contribution in [2.75, 3.05) is 25.4 Å². The molecule has 19 heavy (non-hydrogen) atoms. The van der Waals surface area contributed by atoms with Crippen molar-refractivity contribution in [1.82, 2.24) is 4.90 Å². The topological polar surface area (TPSA) is 96.0 Å². The van der Waals surface area contributed by atoms with E-state index in [2.05, 4.69) is 0 Å². The molecule has 1 amide bonds. The van der Waals surface area contributed by atoms with Gasteiger partial charge in [-0.3, -0.25) is 4.79 Å². The van der Waals surface area contributed by atoms with Crippen LogP contribution >= 0.6 is 0 Å². The average molecular weight is 266 g/mol. The first-order valence-corrected chi connectivity index (χ1v) is 6.19. The highest BCUT2D eigenvalue weighted by molar-refractivity contribution is 5.76. The Morgan fingerprint density at radius 1 is 1.32 bits per heavy atom. The summed E-state index contributed by atoms with van der Waals surface area (Å²) in [7, 11) is 0. The van der Waals surface area contributed by atoms with E-state index in [1.54, 1.807) is 24.3 Å². The van der Waals surface area contributed by atoms with Crippen molar-refractivity contribution >= 4 is 11.6 Å². The molecule has 1 aliphatic heterocycles. The molecule has 2 atom stereocenters. The lowest BCUT2D eigenvalue weighted by atomic mass is 10.3. The second-order valence-corrected chi connectivity index (χ2v) is 4.57. The summed E-state index contributed by atoms with van der Waals surface area (Å²) in [4.78, 5) is 13.2. The predicted molar refractivity (Wildman–Crippen MR) is 69.6 cm³/mol. The van der Waals surface area contributed by atoms with Gasteiger partial charge >= 0.3 is 0 Å². The normalized spacial score (nSPS) is 22.5. The largest absolute Gasteiger partial charge is 0.491 e. The number of aliphatic hydroxyl groups is 2. The van der Waals surface area contributed by atoms with Crippen LogP contribution in [-0.2, 0) is 4.79 Å². The standard InChI is InChI=1S/C13H18N2O4/c14-9-3-1-2-4-12(9)19-6-5-13(18)15-7-10(16)11(17)8-15/h1-4,10-11,16-17H,5-8,14H2. The van der Waals surface area contributed by atoms with Crippen LogP contribution in [-0.4, -0.2) is 52.9 Å². The number of ether oxygens (including phenoxy) is 1. The third-order valence-corrected chi connectivity index (χ3v) is 3.10. The fraction of sp³-hybridized carbons (Fsp3) is 0.462. The van der Waals surface area contributed by atoms with E-state index in [0.29, 0.717) is 11.4 Å². The van der Waals surface area contributed by atoms with E-state index in [-0.39, 0.29) is 32.0 Å². The van der Waals surface area contributed by atoms with E-state index >= 15 is 0 Å². The van der Waals surface area contributed by atoms with Crippen LogP contribution < -0.4 is 10.5 Å². The number of β-amino-alcohol motifs (C(OH)–C–C–N with tert-alkyl or cyclic N) is 2. The van der Waals surface area contributed by atoms with Gasteiger partial charge in [-0.25, -0.2) is 0 Å². The molecule has 1 heterocycles. The molecule has 4 N–H and O–H groups in total. The van der Waals surface area contributed by atoms with Gasteiger partial charge in [0, 0.05) is 13.1 Å². The zero-order valence-corrected chi connectivity index (χ0v) is 10.5. The molecule has 0 aliphatic carbocycles. The van der Waals surface area contributed by atoms with E-state index in [9.17, 15) is 15.0 Å². The Hall–Kier alpha value is -1.79. The molecule has 0 bridgehead atoms. The lowest BCUT2D eigenvalue weighted by molar-refractivity contribution is -0.131. The number of nitrogens with zero attached hydrogens (tertiary/aromatic N) is 1. The van der Waals surface area contributed by atoms with Crippen molar-refractivity contribution in [2.24, 2.45) is 0 Å². The van der Waals surface area contributed by atoms with Gasteiger partial charge in [-0.2, -0.15) is 0 Å². The summed E-state index contributed by atoms with van der Waals surface area (Å²) in [5, 5.41) is 18.7. The van der Waals surface area contributed by atoms with E-state index in [4.69, 9.17) is 10.5 Å². The van der Waals surface area contributed by atoms with Crippen LogP contribution in [0.2, 0.25) is 0 Å². The van der Waals surface area contributed by atoms with Crippen molar-refractivity contribution in [1.29, 1.82) is 0 Å². The molecule has 0 spiro atoms. The highest BCUT2D eigenvalue weighted by Crippen LogP contribution is 2.20. The van der Waals surface area contributed by atoms with Crippen LogP contribution in [0.25, 0.3) is 0 Å². The molecule has 0 aromatic heterocycles. The minimum absolute atomic E-state index is 0.148. The number of carbonyl (C=O) groups excluding carboxylic acids is 1. The zero-order chi connectivity index (χ0) is 13.8. The average Bonchev–Trinajstić information content (AvgIpc) is 2.72. The summed E-state index contributed by atoms with van der Waals surface area (Å²) in [6.45, 7) is 0.566. The lowest BCUT2D eigenvalue weighted by Crippen LogP contribution is -2.30. The van der Waals surface area contributed by atoms with Gasteiger partial charge in [-0.05, 0) is 12.1 Å². The highest BCUT2D eigenvalue weighted by Gasteiger charge is 2.32. The molecular formula is C13H18N2O4. The highest BCUT2D eigenvalue weighted by atomic mass is 16.5. The third-order valence-electron chi connectivity index (χ3n) is 3.10. The molecule has 2 rings (SSSR count). The Morgan fingerprint density at radius 3 is 2.58 bits per heavy atom. The van der Waals surface area contributed by atoms with Crippen LogP contribution in [0.3, 0.4) is 0 Å². The fourth-order valence-electron chi connectivity index (χ4n) is 1.99. The number of carbonyl (C=O) groups is 1.